The van der Waals surface area contributed by atoms with Crippen LogP contribution in [0.5, 0.6) is 0 Å². The molecule has 1 aliphatic heterocycles. The van der Waals surface area contributed by atoms with E-state index in [4.69, 9.17) is 4.74 Å². The summed E-state index contributed by atoms with van der Waals surface area (Å²) in [5, 5.41) is 0. The fraction of sp³-hybridized carbons (Fsp3) is 0.500. The molecule has 0 atom stereocenters. The Morgan fingerprint density at radius 1 is 1.20 bits per heavy atom. The summed E-state index contributed by atoms with van der Waals surface area (Å²) >= 11 is 0. The van der Waals surface area contributed by atoms with Crippen molar-refractivity contribution in [2.24, 2.45) is 0 Å². The van der Waals surface area contributed by atoms with Crippen molar-refractivity contribution in [1.82, 2.24) is 14.8 Å². The number of rotatable bonds is 4. The zero-order chi connectivity index (χ0) is 14.4. The number of piperazine rings is 1. The lowest BCUT2D eigenvalue weighted by atomic mass is 10.2. The van der Waals surface area contributed by atoms with Gasteiger partial charge in [0.1, 0.15) is 5.69 Å². The number of aromatic nitrogens is 1. The van der Waals surface area contributed by atoms with E-state index in [1.807, 2.05) is 0 Å². The van der Waals surface area contributed by atoms with Crippen LogP contribution >= 0.6 is 0 Å². The van der Waals surface area contributed by atoms with Gasteiger partial charge in [-0.05, 0) is 12.1 Å². The number of methoxy groups -OCH3 is 1. The van der Waals surface area contributed by atoms with Gasteiger partial charge >= 0.3 is 0 Å². The van der Waals surface area contributed by atoms with Crippen LogP contribution in [-0.4, -0.2) is 66.5 Å². The molecule has 0 radical (unpaired) electrons. The summed E-state index contributed by atoms with van der Waals surface area (Å²) < 4.78 is 4.90. The van der Waals surface area contributed by atoms with Gasteiger partial charge in [-0.2, -0.15) is 0 Å². The number of ether oxygens (including phenoxy) is 1. The number of hydrogen-bond acceptors (Lipinski definition) is 4. The third-order valence-corrected chi connectivity index (χ3v) is 3.32. The van der Waals surface area contributed by atoms with Crippen LogP contribution in [0, 0.1) is 0 Å². The minimum absolute atomic E-state index is 0.0745. The maximum Gasteiger partial charge on any atom is 0.272 e. The second kappa shape index (κ2) is 7.00. The topological polar surface area (TPSA) is 62.7 Å². The third-order valence-electron chi connectivity index (χ3n) is 3.32. The Morgan fingerprint density at radius 2 is 1.90 bits per heavy atom. The van der Waals surface area contributed by atoms with Gasteiger partial charge in [0.25, 0.3) is 5.91 Å². The zero-order valence-electron chi connectivity index (χ0n) is 11.6. The predicted octanol–water partition coefficient (Wildman–Crippen LogP) is 0.402. The molecule has 2 heterocycles. The Hall–Kier alpha value is -1.95. The van der Waals surface area contributed by atoms with Gasteiger partial charge in [0.05, 0.1) is 13.0 Å². The molecular weight excluding hydrogens is 258 g/mol. The highest BCUT2D eigenvalue weighted by Crippen LogP contribution is 2.08. The molecule has 1 aromatic rings. The molecule has 20 heavy (non-hydrogen) atoms. The van der Waals surface area contributed by atoms with Crippen molar-refractivity contribution in [3.63, 3.8) is 0 Å². The highest BCUT2D eigenvalue weighted by Gasteiger charge is 2.24. The first kappa shape index (κ1) is 14.5. The van der Waals surface area contributed by atoms with Crippen LogP contribution in [0.3, 0.4) is 0 Å². The molecule has 0 aromatic carbocycles. The number of nitrogens with zero attached hydrogens (tertiary/aromatic N) is 3. The van der Waals surface area contributed by atoms with Crippen molar-refractivity contribution < 1.29 is 14.3 Å². The van der Waals surface area contributed by atoms with Crippen LogP contribution in [0.25, 0.3) is 0 Å². The molecule has 0 aliphatic carbocycles. The van der Waals surface area contributed by atoms with Gasteiger partial charge in [-0.25, -0.2) is 0 Å². The quantitative estimate of drug-likeness (QED) is 0.799. The molecule has 2 amide bonds. The van der Waals surface area contributed by atoms with E-state index in [9.17, 15) is 9.59 Å². The van der Waals surface area contributed by atoms with E-state index in [1.54, 1.807) is 41.3 Å². The lowest BCUT2D eigenvalue weighted by molar-refractivity contribution is -0.133. The summed E-state index contributed by atoms with van der Waals surface area (Å²) in [6.07, 6.45) is 2.00. The highest BCUT2D eigenvalue weighted by atomic mass is 16.5. The summed E-state index contributed by atoms with van der Waals surface area (Å²) in [5.41, 5.74) is 0.451. The smallest absolute Gasteiger partial charge is 0.272 e. The van der Waals surface area contributed by atoms with Crippen molar-refractivity contribution in [2.45, 2.75) is 6.42 Å². The standard InChI is InChI=1S/C14H19N3O3/c1-20-11-5-13(18)16-7-9-17(10-8-16)14(19)12-4-2-3-6-15-12/h2-4,6H,5,7-11H2,1H3. The van der Waals surface area contributed by atoms with Gasteiger partial charge in [0.2, 0.25) is 5.91 Å². The summed E-state index contributed by atoms with van der Waals surface area (Å²) in [5.74, 6) is 0.00590. The summed E-state index contributed by atoms with van der Waals surface area (Å²) in [7, 11) is 1.58. The van der Waals surface area contributed by atoms with E-state index in [0.717, 1.165) is 0 Å². The number of carbonyl (C=O) groups excluding carboxylic acids is 2. The van der Waals surface area contributed by atoms with Gasteiger partial charge in [-0.3, -0.25) is 14.6 Å². The minimum Gasteiger partial charge on any atom is -0.384 e. The first-order chi connectivity index (χ1) is 9.72. The zero-order valence-corrected chi connectivity index (χ0v) is 11.6. The third kappa shape index (κ3) is 3.54. The molecule has 1 fully saturated rings. The number of amides is 2. The minimum atomic E-state index is -0.0745. The van der Waals surface area contributed by atoms with Crippen LogP contribution < -0.4 is 0 Å². The monoisotopic (exact) mass is 277 g/mol. The van der Waals surface area contributed by atoms with E-state index < -0.39 is 0 Å². The molecule has 6 heteroatoms. The molecule has 108 valence electrons. The summed E-state index contributed by atoms with van der Waals surface area (Å²) in [6.45, 7) is 2.68. The molecule has 0 spiro atoms. The first-order valence-electron chi connectivity index (χ1n) is 6.69. The summed E-state index contributed by atoms with van der Waals surface area (Å²) in [6, 6.07) is 5.28. The molecule has 0 N–H and O–H groups in total. The Bertz CT molecular complexity index is 456. The van der Waals surface area contributed by atoms with Crippen LogP contribution in [0.1, 0.15) is 16.9 Å². The van der Waals surface area contributed by atoms with Crippen LogP contribution in [0.4, 0.5) is 0 Å². The van der Waals surface area contributed by atoms with E-state index in [0.29, 0.717) is 44.9 Å². The first-order valence-corrected chi connectivity index (χ1v) is 6.69. The van der Waals surface area contributed by atoms with Crippen LogP contribution in [-0.2, 0) is 9.53 Å². The maximum atomic E-state index is 12.2. The van der Waals surface area contributed by atoms with Gasteiger partial charge < -0.3 is 14.5 Å². The molecule has 1 aromatic heterocycles. The van der Waals surface area contributed by atoms with E-state index in [-0.39, 0.29) is 11.8 Å². The second-order valence-electron chi connectivity index (χ2n) is 4.63. The van der Waals surface area contributed by atoms with E-state index in [2.05, 4.69) is 4.98 Å². The normalized spacial score (nSPS) is 15.2. The Morgan fingerprint density at radius 3 is 2.50 bits per heavy atom. The second-order valence-corrected chi connectivity index (χ2v) is 4.63. The van der Waals surface area contributed by atoms with Crippen LogP contribution in [0.15, 0.2) is 24.4 Å². The molecule has 1 aliphatic rings. The highest BCUT2D eigenvalue weighted by molar-refractivity contribution is 5.92. The molecule has 0 saturated carbocycles. The molecule has 6 nitrogen and oxygen atoms in total. The van der Waals surface area contributed by atoms with Crippen LogP contribution in [0.2, 0.25) is 0 Å². The maximum absolute atomic E-state index is 12.2. The van der Waals surface area contributed by atoms with Gasteiger partial charge in [0, 0.05) is 39.5 Å². The fourth-order valence-electron chi connectivity index (χ4n) is 2.16. The molecule has 2 rings (SSSR count). The van der Waals surface area contributed by atoms with Crippen molar-refractivity contribution in [1.29, 1.82) is 0 Å². The number of carbonyl (C=O) groups is 2. The molecular formula is C14H19N3O3. The van der Waals surface area contributed by atoms with Gasteiger partial charge in [-0.1, -0.05) is 6.07 Å². The van der Waals surface area contributed by atoms with E-state index >= 15 is 0 Å². The number of pyridine rings is 1. The lowest BCUT2D eigenvalue weighted by Crippen LogP contribution is -2.50. The van der Waals surface area contributed by atoms with Gasteiger partial charge in [-0.15, -0.1) is 0 Å². The van der Waals surface area contributed by atoms with E-state index in [1.165, 1.54) is 0 Å². The SMILES string of the molecule is COCCC(=O)N1CCN(C(=O)c2ccccn2)CC1. The average Bonchev–Trinajstić information content (AvgIpc) is 2.53. The largest absolute Gasteiger partial charge is 0.384 e. The summed E-state index contributed by atoms with van der Waals surface area (Å²) in [4.78, 5) is 31.6. The van der Waals surface area contributed by atoms with Crippen molar-refractivity contribution in [3.05, 3.63) is 30.1 Å². The fourth-order valence-corrected chi connectivity index (χ4v) is 2.16. The molecule has 0 bridgehead atoms. The Labute approximate surface area is 118 Å². The lowest BCUT2D eigenvalue weighted by Gasteiger charge is -2.34. The average molecular weight is 277 g/mol. The molecule has 1 saturated heterocycles. The Balaban J connectivity index is 1.85. The Kier molecular flexibility index (Phi) is 5.06. The van der Waals surface area contributed by atoms with Crippen molar-refractivity contribution in [2.75, 3.05) is 39.9 Å². The van der Waals surface area contributed by atoms with Gasteiger partial charge in [0.15, 0.2) is 0 Å². The van der Waals surface area contributed by atoms with Crippen molar-refractivity contribution >= 4 is 11.8 Å². The van der Waals surface area contributed by atoms with Crippen molar-refractivity contribution in [3.8, 4) is 0 Å². The number of hydrogen-bond donors (Lipinski definition) is 0. The molecule has 0 unspecified atom stereocenters. The predicted molar refractivity (Wildman–Crippen MR) is 73.2 cm³/mol.